The van der Waals surface area contributed by atoms with Crippen LogP contribution in [0.3, 0.4) is 0 Å². The zero-order valence-corrected chi connectivity index (χ0v) is 12.9. The molecule has 2 saturated carbocycles. The van der Waals surface area contributed by atoms with Crippen LogP contribution in [0.2, 0.25) is 0 Å². The van der Waals surface area contributed by atoms with E-state index in [4.69, 9.17) is 11.5 Å². The van der Waals surface area contributed by atoms with Crippen LogP contribution in [0.15, 0.2) is 0 Å². The van der Waals surface area contributed by atoms with Crippen LogP contribution in [0, 0.1) is 11.8 Å². The zero-order valence-electron chi connectivity index (χ0n) is 12.9. The summed E-state index contributed by atoms with van der Waals surface area (Å²) in [7, 11) is 0. The fourth-order valence-corrected chi connectivity index (χ4v) is 3.91. The third kappa shape index (κ3) is 4.99. The number of carbonyl (C=O) groups excluding carboxylic acids is 2. The molecule has 0 heterocycles. The summed E-state index contributed by atoms with van der Waals surface area (Å²) in [5, 5.41) is 3.07. The van der Waals surface area contributed by atoms with Gasteiger partial charge in [-0.05, 0) is 37.5 Å². The zero-order chi connectivity index (χ0) is 15.2. The number of hydrogen-bond acceptors (Lipinski definition) is 3. The number of nitrogens with one attached hydrogen (secondary N) is 1. The maximum atomic E-state index is 12.3. The summed E-state index contributed by atoms with van der Waals surface area (Å²) < 4.78 is 0. The van der Waals surface area contributed by atoms with Crippen molar-refractivity contribution >= 4 is 11.8 Å². The normalized spacial score (nSPS) is 28.2. The molecule has 0 bridgehead atoms. The van der Waals surface area contributed by atoms with E-state index in [2.05, 4.69) is 5.32 Å². The molecule has 5 nitrogen and oxygen atoms in total. The molecule has 3 atom stereocenters. The number of amides is 2. The standard InChI is InChI=1S/C16H29N3O2/c17-13-8-4-7-12(13)9-16(21)19-14(10-15(18)20)11-5-2-1-3-6-11/h11-14H,1-10,17H2,(H2,18,20)(H,19,21)/t12-,13+,14?/m0/s1. The first-order valence-corrected chi connectivity index (χ1v) is 8.39. The fourth-order valence-electron chi connectivity index (χ4n) is 3.91. The van der Waals surface area contributed by atoms with Gasteiger partial charge in [-0.25, -0.2) is 0 Å². The van der Waals surface area contributed by atoms with Gasteiger partial charge in [0, 0.05) is 24.9 Å². The second kappa shape index (κ2) is 7.78. The third-order valence-corrected chi connectivity index (χ3v) is 5.15. The lowest BCUT2D eigenvalue weighted by Crippen LogP contribution is -2.44. The predicted molar refractivity (Wildman–Crippen MR) is 82.3 cm³/mol. The van der Waals surface area contributed by atoms with Crippen molar-refractivity contribution in [2.45, 2.75) is 76.3 Å². The second-order valence-electron chi connectivity index (χ2n) is 6.80. The van der Waals surface area contributed by atoms with Crippen LogP contribution in [0.1, 0.15) is 64.2 Å². The van der Waals surface area contributed by atoms with Gasteiger partial charge in [0.05, 0.1) is 0 Å². The van der Waals surface area contributed by atoms with Crippen molar-refractivity contribution in [1.29, 1.82) is 0 Å². The van der Waals surface area contributed by atoms with Gasteiger partial charge in [0.2, 0.25) is 11.8 Å². The highest BCUT2D eigenvalue weighted by molar-refractivity contribution is 5.79. The number of nitrogens with two attached hydrogens (primary N) is 2. The van der Waals surface area contributed by atoms with E-state index < -0.39 is 0 Å². The molecule has 2 fully saturated rings. The Labute approximate surface area is 127 Å². The fraction of sp³-hybridized carbons (Fsp3) is 0.875. The molecule has 1 unspecified atom stereocenters. The summed E-state index contributed by atoms with van der Waals surface area (Å²) >= 11 is 0. The van der Waals surface area contributed by atoms with Crippen molar-refractivity contribution in [1.82, 2.24) is 5.32 Å². The Morgan fingerprint density at radius 1 is 1.05 bits per heavy atom. The van der Waals surface area contributed by atoms with Gasteiger partial charge in [-0.1, -0.05) is 25.7 Å². The molecule has 2 aliphatic carbocycles. The number of primary amides is 1. The van der Waals surface area contributed by atoms with Crippen LogP contribution in [0.5, 0.6) is 0 Å². The summed E-state index contributed by atoms with van der Waals surface area (Å²) in [5.74, 6) is 0.399. The lowest BCUT2D eigenvalue weighted by molar-refractivity contribution is -0.124. The van der Waals surface area contributed by atoms with E-state index in [-0.39, 0.29) is 30.3 Å². The molecule has 0 aromatic heterocycles. The average Bonchev–Trinajstić information content (AvgIpc) is 2.84. The van der Waals surface area contributed by atoms with Crippen molar-refractivity contribution in [2.24, 2.45) is 23.3 Å². The van der Waals surface area contributed by atoms with Crippen molar-refractivity contribution in [3.05, 3.63) is 0 Å². The molecule has 21 heavy (non-hydrogen) atoms. The lowest BCUT2D eigenvalue weighted by Gasteiger charge is -2.30. The SMILES string of the molecule is NC(=O)CC(NC(=O)C[C@@H]1CCC[C@H]1N)C1CCCCC1. The summed E-state index contributed by atoms with van der Waals surface area (Å²) in [5.41, 5.74) is 11.4. The number of rotatable bonds is 6. The smallest absolute Gasteiger partial charge is 0.220 e. The Morgan fingerprint density at radius 2 is 1.76 bits per heavy atom. The Kier molecular flexibility index (Phi) is 6.03. The topological polar surface area (TPSA) is 98.2 Å². The molecule has 5 N–H and O–H groups in total. The van der Waals surface area contributed by atoms with Crippen molar-refractivity contribution in [2.75, 3.05) is 0 Å². The molecule has 2 rings (SSSR count). The molecule has 120 valence electrons. The van der Waals surface area contributed by atoms with E-state index in [9.17, 15) is 9.59 Å². The number of hydrogen-bond donors (Lipinski definition) is 3. The van der Waals surface area contributed by atoms with E-state index in [1.807, 2.05) is 0 Å². The highest BCUT2D eigenvalue weighted by Gasteiger charge is 2.30. The maximum absolute atomic E-state index is 12.3. The monoisotopic (exact) mass is 295 g/mol. The van der Waals surface area contributed by atoms with Gasteiger partial charge < -0.3 is 16.8 Å². The van der Waals surface area contributed by atoms with E-state index in [0.717, 1.165) is 32.1 Å². The molecule has 5 heteroatoms. The van der Waals surface area contributed by atoms with Crippen LogP contribution in [-0.2, 0) is 9.59 Å². The first-order chi connectivity index (χ1) is 10.1. The van der Waals surface area contributed by atoms with Gasteiger partial charge in [0.15, 0.2) is 0 Å². The van der Waals surface area contributed by atoms with E-state index >= 15 is 0 Å². The predicted octanol–water partition coefficient (Wildman–Crippen LogP) is 1.44. The highest BCUT2D eigenvalue weighted by atomic mass is 16.2. The van der Waals surface area contributed by atoms with Crippen molar-refractivity contribution in [3.8, 4) is 0 Å². The second-order valence-corrected chi connectivity index (χ2v) is 6.80. The molecule has 0 spiro atoms. The summed E-state index contributed by atoms with van der Waals surface area (Å²) in [6, 6.07) is 0.0629. The Balaban J connectivity index is 1.87. The van der Waals surface area contributed by atoms with Crippen LogP contribution in [0.25, 0.3) is 0 Å². The molecule has 2 aliphatic rings. The van der Waals surface area contributed by atoms with Gasteiger partial charge in [0.1, 0.15) is 0 Å². The van der Waals surface area contributed by atoms with Gasteiger partial charge in [-0.15, -0.1) is 0 Å². The summed E-state index contributed by atoms with van der Waals surface area (Å²) in [4.78, 5) is 23.5. The minimum absolute atomic E-state index is 0.0363. The average molecular weight is 295 g/mol. The van der Waals surface area contributed by atoms with E-state index in [1.54, 1.807) is 0 Å². The highest BCUT2D eigenvalue weighted by Crippen LogP contribution is 2.29. The Morgan fingerprint density at radius 3 is 2.33 bits per heavy atom. The molecule has 0 aliphatic heterocycles. The van der Waals surface area contributed by atoms with Gasteiger partial charge in [0.25, 0.3) is 0 Å². The van der Waals surface area contributed by atoms with Crippen LogP contribution in [-0.4, -0.2) is 23.9 Å². The molecule has 0 radical (unpaired) electrons. The molecule has 2 amide bonds. The van der Waals surface area contributed by atoms with Gasteiger partial charge in [-0.2, -0.15) is 0 Å². The van der Waals surface area contributed by atoms with E-state index in [1.165, 1.54) is 19.3 Å². The molecule has 0 aromatic rings. The Hall–Kier alpha value is -1.10. The largest absolute Gasteiger partial charge is 0.370 e. The first-order valence-electron chi connectivity index (χ1n) is 8.39. The minimum atomic E-state index is -0.330. The Bertz CT molecular complexity index is 367. The summed E-state index contributed by atoms with van der Waals surface area (Å²) in [6.45, 7) is 0. The first kappa shape index (κ1) is 16.3. The number of carbonyl (C=O) groups is 2. The van der Waals surface area contributed by atoms with Crippen LogP contribution < -0.4 is 16.8 Å². The molecular formula is C16H29N3O2. The quantitative estimate of drug-likeness (QED) is 0.691. The summed E-state index contributed by atoms with van der Waals surface area (Å²) in [6.07, 6.45) is 9.71. The molecular weight excluding hydrogens is 266 g/mol. The third-order valence-electron chi connectivity index (χ3n) is 5.15. The molecule has 0 saturated heterocycles. The molecule has 0 aromatic carbocycles. The van der Waals surface area contributed by atoms with Crippen molar-refractivity contribution in [3.63, 3.8) is 0 Å². The maximum Gasteiger partial charge on any atom is 0.220 e. The van der Waals surface area contributed by atoms with Gasteiger partial charge >= 0.3 is 0 Å². The van der Waals surface area contributed by atoms with Crippen LogP contribution in [0.4, 0.5) is 0 Å². The van der Waals surface area contributed by atoms with Crippen LogP contribution >= 0.6 is 0 Å². The van der Waals surface area contributed by atoms with Gasteiger partial charge in [-0.3, -0.25) is 9.59 Å². The minimum Gasteiger partial charge on any atom is -0.370 e. The van der Waals surface area contributed by atoms with E-state index in [0.29, 0.717) is 18.3 Å². The van der Waals surface area contributed by atoms with Crippen molar-refractivity contribution < 1.29 is 9.59 Å². The lowest BCUT2D eigenvalue weighted by atomic mass is 9.82.